The smallest absolute Gasteiger partial charge is 0.333 e. The molecule has 0 atom stereocenters. The summed E-state index contributed by atoms with van der Waals surface area (Å²) in [6, 6.07) is 0. The molecular weight excluding hydrogens is 140 g/mol. The highest BCUT2D eigenvalue weighted by Gasteiger charge is 2.06. The average Bonchev–Trinajstić information content (AvgIpc) is 2.03. The van der Waals surface area contributed by atoms with Gasteiger partial charge >= 0.3 is 5.97 Å². The topological polar surface area (TPSA) is 26.3 Å². The Balaban J connectivity index is 4.09. The summed E-state index contributed by atoms with van der Waals surface area (Å²) in [5, 5.41) is 0. The van der Waals surface area contributed by atoms with Gasteiger partial charge in [-0.15, -0.1) is 0 Å². The van der Waals surface area contributed by atoms with Gasteiger partial charge in [0.1, 0.15) is 7.11 Å². The molecule has 0 unspecified atom stereocenters. The summed E-state index contributed by atoms with van der Waals surface area (Å²) in [6.45, 7) is 4.02. The fourth-order valence-corrected chi connectivity index (χ4v) is 0.896. The lowest BCUT2D eigenvalue weighted by Gasteiger charge is -2.01. The highest BCUT2D eigenvalue weighted by atomic mass is 16.5. The molecule has 0 aliphatic carbocycles. The minimum atomic E-state index is -0.297. The van der Waals surface area contributed by atoms with E-state index >= 15 is 0 Å². The van der Waals surface area contributed by atoms with Crippen LogP contribution in [0, 0.1) is 7.11 Å². The van der Waals surface area contributed by atoms with Crippen molar-refractivity contribution in [1.29, 1.82) is 0 Å². The zero-order chi connectivity index (χ0) is 8.69. The molecule has 2 heteroatoms. The van der Waals surface area contributed by atoms with Gasteiger partial charge in [0.15, 0.2) is 0 Å². The molecule has 0 heterocycles. The highest BCUT2D eigenvalue weighted by Crippen LogP contribution is 2.07. The van der Waals surface area contributed by atoms with Crippen molar-refractivity contribution >= 4 is 5.97 Å². The van der Waals surface area contributed by atoms with E-state index in [9.17, 15) is 4.79 Å². The van der Waals surface area contributed by atoms with Gasteiger partial charge in [-0.05, 0) is 12.8 Å². The Morgan fingerprint density at radius 2 is 2.18 bits per heavy atom. The third-order valence-electron chi connectivity index (χ3n) is 1.36. The molecule has 11 heavy (non-hydrogen) atoms. The molecule has 0 aliphatic heterocycles. The van der Waals surface area contributed by atoms with Crippen molar-refractivity contribution in [2.75, 3.05) is 0 Å². The van der Waals surface area contributed by atoms with Crippen molar-refractivity contribution in [1.82, 2.24) is 0 Å². The van der Waals surface area contributed by atoms with Crippen molar-refractivity contribution in [3.05, 3.63) is 18.8 Å². The van der Waals surface area contributed by atoms with E-state index < -0.39 is 0 Å². The largest absolute Gasteiger partial charge is 0.459 e. The predicted octanol–water partition coefficient (Wildman–Crippen LogP) is 2.46. The second-order valence-corrected chi connectivity index (χ2v) is 2.32. The molecule has 0 aromatic heterocycles. The predicted molar refractivity (Wildman–Crippen MR) is 44.7 cm³/mol. The lowest BCUT2D eigenvalue weighted by atomic mass is 10.1. The van der Waals surface area contributed by atoms with E-state index in [2.05, 4.69) is 11.8 Å². The van der Waals surface area contributed by atoms with Crippen LogP contribution in [0.15, 0.2) is 11.6 Å². The number of hydrogen-bond donors (Lipinski definition) is 0. The Morgan fingerprint density at radius 1 is 1.55 bits per heavy atom. The number of hydrogen-bond acceptors (Lipinski definition) is 2. The maximum absolute atomic E-state index is 10.9. The second kappa shape index (κ2) is 5.96. The standard InChI is InChI=1S/C9H15O2/c1-4-6-8(7-5-2)9(10)11-3/h6H,3-5,7H2,1-2H3/b8-6+. The minimum absolute atomic E-state index is 0.297. The van der Waals surface area contributed by atoms with E-state index in [1.54, 1.807) is 0 Å². The van der Waals surface area contributed by atoms with Crippen LogP contribution < -0.4 is 0 Å². The van der Waals surface area contributed by atoms with E-state index in [1.165, 1.54) is 0 Å². The van der Waals surface area contributed by atoms with Crippen molar-refractivity contribution in [3.63, 3.8) is 0 Å². The zero-order valence-corrected chi connectivity index (χ0v) is 7.22. The molecule has 0 aliphatic rings. The molecule has 1 radical (unpaired) electrons. The summed E-state index contributed by atoms with van der Waals surface area (Å²) in [6.07, 6.45) is 4.49. The molecule has 0 rings (SSSR count). The first kappa shape index (κ1) is 10.2. The third-order valence-corrected chi connectivity index (χ3v) is 1.36. The Labute approximate surface area is 68.2 Å². The van der Waals surface area contributed by atoms with Crippen LogP contribution in [-0.2, 0) is 9.53 Å². The van der Waals surface area contributed by atoms with E-state index in [0.29, 0.717) is 0 Å². The lowest BCUT2D eigenvalue weighted by Crippen LogP contribution is -2.03. The number of rotatable bonds is 4. The van der Waals surface area contributed by atoms with Crippen LogP contribution in [0.5, 0.6) is 0 Å². The first-order valence-electron chi connectivity index (χ1n) is 3.91. The monoisotopic (exact) mass is 155 g/mol. The van der Waals surface area contributed by atoms with Crippen LogP contribution >= 0.6 is 0 Å². The first-order chi connectivity index (χ1) is 5.26. The molecule has 2 nitrogen and oxygen atoms in total. The molecule has 0 saturated carbocycles. The van der Waals surface area contributed by atoms with E-state index in [0.717, 1.165) is 24.8 Å². The second-order valence-electron chi connectivity index (χ2n) is 2.32. The van der Waals surface area contributed by atoms with E-state index in [1.807, 2.05) is 19.9 Å². The van der Waals surface area contributed by atoms with Crippen LogP contribution in [-0.4, -0.2) is 5.97 Å². The summed E-state index contributed by atoms with van der Waals surface area (Å²) in [5.41, 5.74) is 0.741. The number of ether oxygens (including phenoxy) is 1. The number of esters is 1. The molecule has 63 valence electrons. The van der Waals surface area contributed by atoms with Gasteiger partial charge in [0.2, 0.25) is 0 Å². The molecule has 0 aromatic rings. The minimum Gasteiger partial charge on any atom is -0.459 e. The normalized spacial score (nSPS) is 11.4. The third kappa shape index (κ3) is 3.81. The van der Waals surface area contributed by atoms with Crippen LogP contribution in [0.25, 0.3) is 0 Å². The van der Waals surface area contributed by atoms with Gasteiger partial charge in [-0.1, -0.05) is 26.3 Å². The van der Waals surface area contributed by atoms with Gasteiger partial charge in [0, 0.05) is 5.57 Å². The van der Waals surface area contributed by atoms with Gasteiger partial charge < -0.3 is 4.74 Å². The molecule has 0 N–H and O–H groups in total. The maximum atomic E-state index is 10.9. The summed E-state index contributed by atoms with van der Waals surface area (Å²) >= 11 is 0. The van der Waals surface area contributed by atoms with Crippen LogP contribution in [0.4, 0.5) is 0 Å². The zero-order valence-electron chi connectivity index (χ0n) is 7.22. The Hall–Kier alpha value is -0.790. The number of carbonyl (C=O) groups is 1. The Kier molecular flexibility index (Phi) is 5.53. The molecule has 0 fully saturated rings. The van der Waals surface area contributed by atoms with Crippen molar-refractivity contribution in [2.24, 2.45) is 0 Å². The van der Waals surface area contributed by atoms with Crippen LogP contribution in [0.1, 0.15) is 33.1 Å². The Bertz CT molecular complexity index is 148. The molecule has 0 aromatic carbocycles. The van der Waals surface area contributed by atoms with Crippen LogP contribution in [0.2, 0.25) is 0 Å². The summed E-state index contributed by atoms with van der Waals surface area (Å²) in [7, 11) is 3.08. The fourth-order valence-electron chi connectivity index (χ4n) is 0.896. The Morgan fingerprint density at radius 3 is 2.55 bits per heavy atom. The van der Waals surface area contributed by atoms with Gasteiger partial charge in [0.25, 0.3) is 0 Å². The molecule has 0 amide bonds. The summed E-state index contributed by atoms with van der Waals surface area (Å²) < 4.78 is 4.36. The maximum Gasteiger partial charge on any atom is 0.333 e. The van der Waals surface area contributed by atoms with E-state index in [4.69, 9.17) is 0 Å². The van der Waals surface area contributed by atoms with Crippen molar-refractivity contribution in [2.45, 2.75) is 33.1 Å². The van der Waals surface area contributed by atoms with Gasteiger partial charge in [-0.3, -0.25) is 0 Å². The first-order valence-corrected chi connectivity index (χ1v) is 3.91. The molecule has 0 spiro atoms. The number of allylic oxidation sites excluding steroid dienone is 1. The van der Waals surface area contributed by atoms with Crippen molar-refractivity contribution < 1.29 is 9.53 Å². The van der Waals surface area contributed by atoms with Gasteiger partial charge in [0.05, 0.1) is 0 Å². The highest BCUT2D eigenvalue weighted by molar-refractivity contribution is 5.88. The van der Waals surface area contributed by atoms with Crippen LogP contribution in [0.3, 0.4) is 0 Å². The molecular formula is C9H15O2. The molecule has 0 saturated heterocycles. The fraction of sp³-hybridized carbons (Fsp3) is 0.556. The summed E-state index contributed by atoms with van der Waals surface area (Å²) in [5.74, 6) is -0.297. The average molecular weight is 155 g/mol. The van der Waals surface area contributed by atoms with Gasteiger partial charge in [-0.2, -0.15) is 0 Å². The summed E-state index contributed by atoms with van der Waals surface area (Å²) in [4.78, 5) is 10.9. The SMILES string of the molecule is [CH2]OC(=O)/C(=C/CC)CCC. The lowest BCUT2D eigenvalue weighted by molar-refractivity contribution is -0.134. The number of carbonyl (C=O) groups excluding carboxylic acids is 1. The molecule has 0 bridgehead atoms. The van der Waals surface area contributed by atoms with Gasteiger partial charge in [-0.25, -0.2) is 4.79 Å². The van der Waals surface area contributed by atoms with E-state index in [-0.39, 0.29) is 5.97 Å². The van der Waals surface area contributed by atoms with Crippen molar-refractivity contribution in [3.8, 4) is 0 Å². The quantitative estimate of drug-likeness (QED) is 0.460.